The molecule has 3 heterocycles. The molecular weight excluding hydrogens is 626 g/mol. The molecule has 0 saturated carbocycles. The van der Waals surface area contributed by atoms with E-state index in [1.54, 1.807) is 48.2 Å². The molecule has 12 heteroatoms. The van der Waals surface area contributed by atoms with Crippen LogP contribution in [-0.4, -0.2) is 63.5 Å². The van der Waals surface area contributed by atoms with E-state index in [1.165, 1.54) is 23.1 Å². The van der Waals surface area contributed by atoms with E-state index >= 15 is 0 Å². The number of aliphatic hydroxyl groups excluding tert-OH is 1. The van der Waals surface area contributed by atoms with Crippen LogP contribution in [0.5, 0.6) is 0 Å². The average molecular weight is 668 g/mol. The van der Waals surface area contributed by atoms with Gasteiger partial charge >= 0.3 is 0 Å². The number of nitrogens with one attached hydrogen (secondary N) is 2. The molecule has 4 N–H and O–H groups in total. The largest absolute Gasteiger partial charge is 0.394 e. The van der Waals surface area contributed by atoms with Gasteiger partial charge in [0.25, 0.3) is 11.6 Å². The van der Waals surface area contributed by atoms with Gasteiger partial charge in [0.1, 0.15) is 0 Å². The minimum atomic E-state index is -2.14. The van der Waals surface area contributed by atoms with Crippen molar-refractivity contribution in [2.45, 2.75) is 57.3 Å². The Morgan fingerprint density at radius 2 is 1.94 bits per heavy atom. The third-order valence-electron chi connectivity index (χ3n) is 9.93. The average Bonchev–Trinajstić information content (AvgIpc) is 3.33. The predicted octanol–water partition coefficient (Wildman–Crippen LogP) is 3.80. The molecule has 3 aliphatic heterocycles. The van der Waals surface area contributed by atoms with Gasteiger partial charge in [-0.15, -0.1) is 0 Å². The first-order chi connectivity index (χ1) is 23.6. The molecule has 3 aromatic carbocycles. The smallest absolute Gasteiger partial charge is 0.269 e. The number of non-ortho nitro benzene ring substituents is 1. The molecule has 0 aliphatic carbocycles. The fourth-order valence-electron chi connectivity index (χ4n) is 7.13. The number of hydrogen-bond donors (Lipinski definition) is 4. The summed E-state index contributed by atoms with van der Waals surface area (Å²) < 4.78 is 0. The van der Waals surface area contributed by atoms with E-state index in [-0.39, 0.29) is 54.6 Å². The van der Waals surface area contributed by atoms with Crippen LogP contribution >= 0.6 is 0 Å². The monoisotopic (exact) mass is 667 g/mol. The van der Waals surface area contributed by atoms with Crippen LogP contribution in [0.3, 0.4) is 0 Å². The highest BCUT2D eigenvalue weighted by Gasteiger charge is 2.53. The number of benzene rings is 3. The number of amides is 3. The van der Waals surface area contributed by atoms with Crippen LogP contribution < -0.4 is 15.5 Å². The van der Waals surface area contributed by atoms with Gasteiger partial charge < -0.3 is 30.6 Å². The maximum Gasteiger partial charge on any atom is 0.269 e. The molecule has 1 fully saturated rings. The van der Waals surface area contributed by atoms with Crippen molar-refractivity contribution in [2.24, 2.45) is 11.8 Å². The van der Waals surface area contributed by atoms with Crippen molar-refractivity contribution in [2.75, 3.05) is 29.9 Å². The zero-order chi connectivity index (χ0) is 34.7. The molecule has 3 aromatic rings. The van der Waals surface area contributed by atoms with Crippen molar-refractivity contribution in [1.82, 2.24) is 10.2 Å². The Morgan fingerprint density at radius 3 is 2.67 bits per heavy atom. The zero-order valence-electron chi connectivity index (χ0n) is 27.4. The summed E-state index contributed by atoms with van der Waals surface area (Å²) in [7, 11) is 0. The highest BCUT2D eigenvalue weighted by Crippen LogP contribution is 2.47. The van der Waals surface area contributed by atoms with E-state index < -0.39 is 22.3 Å². The van der Waals surface area contributed by atoms with Gasteiger partial charge in [-0.25, -0.2) is 0 Å². The Balaban J connectivity index is 1.20. The first-order valence-corrected chi connectivity index (χ1v) is 16.7. The number of nitro groups is 1. The lowest BCUT2D eigenvalue weighted by Gasteiger charge is -2.36. The molecule has 256 valence electrons. The number of carbonyl (C=O) groups is 3. The van der Waals surface area contributed by atoms with Crippen LogP contribution in [0.25, 0.3) is 0 Å². The van der Waals surface area contributed by atoms with Gasteiger partial charge in [-0.05, 0) is 60.7 Å². The second-order valence-corrected chi connectivity index (χ2v) is 13.1. The Hall–Kier alpha value is -4.91. The summed E-state index contributed by atoms with van der Waals surface area (Å²) in [5.74, 6) is -1.92. The van der Waals surface area contributed by atoms with E-state index in [4.69, 9.17) is 0 Å². The van der Waals surface area contributed by atoms with Gasteiger partial charge in [0.2, 0.25) is 11.8 Å². The minimum Gasteiger partial charge on any atom is -0.394 e. The molecule has 0 spiro atoms. The first kappa shape index (κ1) is 34.0. The van der Waals surface area contributed by atoms with Crippen molar-refractivity contribution in [3.8, 4) is 0 Å². The Kier molecular flexibility index (Phi) is 9.91. The number of rotatable bonds is 10. The maximum absolute atomic E-state index is 14.1. The summed E-state index contributed by atoms with van der Waals surface area (Å²) in [6.45, 7) is 3.40. The third-order valence-corrected chi connectivity index (χ3v) is 9.93. The van der Waals surface area contributed by atoms with Crippen molar-refractivity contribution in [3.63, 3.8) is 0 Å². The fraction of sp³-hybridized carbons (Fsp3) is 0.378. The van der Waals surface area contributed by atoms with Crippen molar-refractivity contribution in [3.05, 3.63) is 111 Å². The number of carbonyl (C=O) groups excluding carboxylic acids is 3. The second kappa shape index (κ2) is 14.3. The molecular formula is C37H41N5O7. The first-order valence-electron chi connectivity index (χ1n) is 16.7. The molecule has 4 atom stereocenters. The van der Waals surface area contributed by atoms with Crippen LogP contribution in [0.2, 0.25) is 0 Å². The number of fused-ring (bicyclic) bond motifs is 2. The summed E-state index contributed by atoms with van der Waals surface area (Å²) in [4.78, 5) is 54.4. The van der Waals surface area contributed by atoms with Gasteiger partial charge in [0, 0.05) is 48.8 Å². The molecule has 3 amide bonds. The molecule has 1 unspecified atom stereocenters. The van der Waals surface area contributed by atoms with E-state index in [1.807, 2.05) is 24.3 Å². The van der Waals surface area contributed by atoms with E-state index in [9.17, 15) is 34.7 Å². The van der Waals surface area contributed by atoms with Crippen LogP contribution in [0.15, 0.2) is 78.9 Å². The number of hydrogen-bond acceptors (Lipinski definition) is 8. The lowest BCUT2D eigenvalue weighted by Crippen LogP contribution is -2.46. The normalized spacial score (nSPS) is 22.5. The highest BCUT2D eigenvalue weighted by atomic mass is 16.6. The molecule has 0 radical (unpaired) electrons. The number of nitrogens with zero attached hydrogens (tertiary/aromatic N) is 3. The lowest BCUT2D eigenvalue weighted by atomic mass is 9.82. The number of aliphatic hydroxyl groups is 2. The van der Waals surface area contributed by atoms with Crippen LogP contribution in [0.1, 0.15) is 48.4 Å². The van der Waals surface area contributed by atoms with Gasteiger partial charge in [-0.2, -0.15) is 0 Å². The maximum atomic E-state index is 14.1. The molecule has 49 heavy (non-hydrogen) atoms. The molecule has 0 aromatic heterocycles. The molecule has 1 saturated heterocycles. The zero-order valence-corrected chi connectivity index (χ0v) is 27.4. The Labute approximate surface area is 284 Å². The van der Waals surface area contributed by atoms with Crippen molar-refractivity contribution < 1.29 is 29.5 Å². The third kappa shape index (κ3) is 6.85. The standard InChI is InChI=1S/C37H41N5O7/c1-24(7-4-13-34(44)40-22-28-10-3-2-9-26(28)18-31(40)23-43)37(47)32-19-30(42(48)49)14-15-33(32)41(36(37)46)21-25-8-5-12-29(17-25)39-35(45)27-11-6-16-38-20-27/h2-5,7-10,12,14-15,17,19,24,27,31,38,43,47H,6,11,13,16,18,20-23H2,1H3,(H,39,45)/b7-4+/t24-,27?,31-,37+/m0/s1. The van der Waals surface area contributed by atoms with Crippen molar-refractivity contribution in [1.29, 1.82) is 0 Å². The Bertz CT molecular complexity index is 1790. The van der Waals surface area contributed by atoms with Gasteiger partial charge in [-0.1, -0.05) is 55.5 Å². The van der Waals surface area contributed by atoms with Crippen LogP contribution in [-0.2, 0) is 39.5 Å². The number of piperidine rings is 1. The quantitative estimate of drug-likeness (QED) is 0.144. The highest BCUT2D eigenvalue weighted by molar-refractivity contribution is 6.07. The van der Waals surface area contributed by atoms with Gasteiger partial charge in [0.05, 0.1) is 35.7 Å². The summed E-state index contributed by atoms with van der Waals surface area (Å²) in [6.07, 6.45) is 5.45. The second-order valence-electron chi connectivity index (χ2n) is 13.1. The molecule has 0 bridgehead atoms. The van der Waals surface area contributed by atoms with E-state index in [0.717, 1.165) is 30.5 Å². The van der Waals surface area contributed by atoms with E-state index in [0.29, 0.717) is 36.4 Å². The molecule has 3 aliphatic rings. The predicted molar refractivity (Wildman–Crippen MR) is 183 cm³/mol. The fourth-order valence-corrected chi connectivity index (χ4v) is 7.13. The topological polar surface area (TPSA) is 165 Å². The molecule has 6 rings (SSSR count). The minimum absolute atomic E-state index is 0.0196. The lowest BCUT2D eigenvalue weighted by molar-refractivity contribution is -0.385. The van der Waals surface area contributed by atoms with Gasteiger partial charge in [0.15, 0.2) is 5.60 Å². The summed E-state index contributed by atoms with van der Waals surface area (Å²) in [5, 5.41) is 40.0. The SMILES string of the molecule is C[C@@H](/C=C/CC(=O)N1Cc2ccccc2C[C@H]1CO)[C@]1(O)C(=O)N(Cc2cccc(NC(=O)C3CCCNC3)c2)c2ccc([N+](=O)[O-])cc21. The summed E-state index contributed by atoms with van der Waals surface area (Å²) >= 11 is 0. The molecule has 12 nitrogen and oxygen atoms in total. The Morgan fingerprint density at radius 1 is 1.14 bits per heavy atom. The number of anilines is 2. The van der Waals surface area contributed by atoms with E-state index in [2.05, 4.69) is 10.6 Å². The van der Waals surface area contributed by atoms with Crippen LogP contribution in [0, 0.1) is 22.0 Å². The number of nitro benzene ring substituents is 1. The van der Waals surface area contributed by atoms with Crippen molar-refractivity contribution >= 4 is 34.8 Å². The van der Waals surface area contributed by atoms with Gasteiger partial charge in [-0.3, -0.25) is 24.5 Å². The van der Waals surface area contributed by atoms with Crippen LogP contribution in [0.4, 0.5) is 17.1 Å². The summed E-state index contributed by atoms with van der Waals surface area (Å²) in [6, 6.07) is 18.6. The summed E-state index contributed by atoms with van der Waals surface area (Å²) in [5.41, 5.74) is 1.45.